The van der Waals surface area contributed by atoms with E-state index in [0.29, 0.717) is 25.4 Å². The smallest absolute Gasteiger partial charge is 0.222 e. The summed E-state index contributed by atoms with van der Waals surface area (Å²) in [5.74, 6) is 0.714. The minimum Gasteiger partial charge on any atom is -0.381 e. The molecule has 2 rings (SSSR count). The molecule has 0 aliphatic carbocycles. The average Bonchev–Trinajstić information content (AvgIpc) is 2.53. The zero-order valence-electron chi connectivity index (χ0n) is 12.7. The summed E-state index contributed by atoms with van der Waals surface area (Å²) in [5.41, 5.74) is 6.92. The van der Waals surface area contributed by atoms with Gasteiger partial charge < -0.3 is 15.4 Å². The molecule has 0 atom stereocenters. The zero-order chi connectivity index (χ0) is 14.9. The second kappa shape index (κ2) is 8.80. The number of hydrogen-bond acceptors (Lipinski definition) is 3. The number of carbonyl (C=O) groups is 1. The third-order valence-electron chi connectivity index (χ3n) is 4.07. The van der Waals surface area contributed by atoms with Gasteiger partial charge in [0.15, 0.2) is 0 Å². The molecule has 1 aromatic carbocycles. The lowest BCUT2D eigenvalue weighted by Crippen LogP contribution is -2.38. The van der Waals surface area contributed by atoms with Gasteiger partial charge in [-0.3, -0.25) is 4.79 Å². The van der Waals surface area contributed by atoms with Crippen molar-refractivity contribution in [3.05, 3.63) is 35.9 Å². The van der Waals surface area contributed by atoms with Crippen LogP contribution in [0.1, 0.15) is 24.8 Å². The fourth-order valence-corrected chi connectivity index (χ4v) is 2.75. The van der Waals surface area contributed by atoms with Crippen molar-refractivity contribution in [3.8, 4) is 0 Å². The van der Waals surface area contributed by atoms with Gasteiger partial charge in [-0.15, -0.1) is 0 Å². The zero-order valence-corrected chi connectivity index (χ0v) is 12.7. The maximum absolute atomic E-state index is 12.5. The standard InChI is InChI=1S/C17H26N2O2/c18-9-11-19(10-6-15-4-2-1-3-5-15)17(20)14-16-7-12-21-13-8-16/h1-5,16H,6-14,18H2. The Labute approximate surface area is 127 Å². The van der Waals surface area contributed by atoms with Gasteiger partial charge in [-0.25, -0.2) is 0 Å². The Hall–Kier alpha value is -1.39. The summed E-state index contributed by atoms with van der Waals surface area (Å²) in [5, 5.41) is 0. The Morgan fingerprint density at radius 1 is 1.19 bits per heavy atom. The van der Waals surface area contributed by atoms with E-state index < -0.39 is 0 Å². The topological polar surface area (TPSA) is 55.6 Å². The normalized spacial score (nSPS) is 15.9. The first kappa shape index (κ1) is 16.0. The summed E-state index contributed by atoms with van der Waals surface area (Å²) in [6, 6.07) is 10.3. The molecule has 1 heterocycles. The van der Waals surface area contributed by atoms with Gasteiger partial charge in [0.05, 0.1) is 0 Å². The monoisotopic (exact) mass is 290 g/mol. The van der Waals surface area contributed by atoms with Gasteiger partial charge in [-0.1, -0.05) is 30.3 Å². The number of nitrogens with zero attached hydrogens (tertiary/aromatic N) is 1. The van der Waals surface area contributed by atoms with E-state index in [1.54, 1.807) is 0 Å². The molecule has 0 radical (unpaired) electrons. The van der Waals surface area contributed by atoms with E-state index >= 15 is 0 Å². The van der Waals surface area contributed by atoms with Crippen LogP contribution in [0.3, 0.4) is 0 Å². The number of nitrogens with two attached hydrogens (primary N) is 1. The van der Waals surface area contributed by atoms with Gasteiger partial charge >= 0.3 is 0 Å². The average molecular weight is 290 g/mol. The van der Waals surface area contributed by atoms with Crippen molar-refractivity contribution in [2.24, 2.45) is 11.7 Å². The predicted octanol–water partition coefficient (Wildman–Crippen LogP) is 1.83. The summed E-state index contributed by atoms with van der Waals surface area (Å²) in [6.07, 6.45) is 3.53. The maximum atomic E-state index is 12.5. The SMILES string of the molecule is NCCN(CCc1ccccc1)C(=O)CC1CCOCC1. The second-order valence-electron chi connectivity index (χ2n) is 5.66. The summed E-state index contributed by atoms with van der Waals surface area (Å²) < 4.78 is 5.35. The highest BCUT2D eigenvalue weighted by Crippen LogP contribution is 2.19. The van der Waals surface area contributed by atoms with E-state index in [4.69, 9.17) is 10.5 Å². The van der Waals surface area contributed by atoms with Crippen molar-refractivity contribution in [2.75, 3.05) is 32.8 Å². The molecule has 0 bridgehead atoms. The van der Waals surface area contributed by atoms with Crippen LogP contribution in [0.2, 0.25) is 0 Å². The number of amides is 1. The van der Waals surface area contributed by atoms with Crippen LogP contribution >= 0.6 is 0 Å². The van der Waals surface area contributed by atoms with Gasteiger partial charge in [0, 0.05) is 39.3 Å². The predicted molar refractivity (Wildman–Crippen MR) is 83.9 cm³/mol. The van der Waals surface area contributed by atoms with E-state index in [1.807, 2.05) is 23.1 Å². The lowest BCUT2D eigenvalue weighted by molar-refractivity contribution is -0.132. The molecule has 21 heavy (non-hydrogen) atoms. The highest BCUT2D eigenvalue weighted by molar-refractivity contribution is 5.76. The number of carbonyl (C=O) groups excluding carboxylic acids is 1. The number of rotatable bonds is 7. The van der Waals surface area contributed by atoms with Crippen molar-refractivity contribution < 1.29 is 9.53 Å². The molecule has 0 saturated carbocycles. The van der Waals surface area contributed by atoms with Crippen LogP contribution in [-0.2, 0) is 16.0 Å². The molecule has 1 aliphatic rings. The van der Waals surface area contributed by atoms with Gasteiger partial charge in [0.2, 0.25) is 5.91 Å². The first-order valence-electron chi connectivity index (χ1n) is 7.89. The first-order valence-corrected chi connectivity index (χ1v) is 7.89. The Bertz CT molecular complexity index is 416. The van der Waals surface area contributed by atoms with E-state index in [0.717, 1.165) is 39.0 Å². The Morgan fingerprint density at radius 3 is 2.57 bits per heavy atom. The summed E-state index contributed by atoms with van der Waals surface area (Å²) >= 11 is 0. The van der Waals surface area contributed by atoms with E-state index in [9.17, 15) is 4.79 Å². The van der Waals surface area contributed by atoms with Crippen LogP contribution in [0.5, 0.6) is 0 Å². The minimum absolute atomic E-state index is 0.239. The van der Waals surface area contributed by atoms with Gasteiger partial charge in [0.25, 0.3) is 0 Å². The second-order valence-corrected chi connectivity index (χ2v) is 5.66. The minimum atomic E-state index is 0.239. The molecular weight excluding hydrogens is 264 g/mol. The molecular formula is C17H26N2O2. The van der Waals surface area contributed by atoms with Gasteiger partial charge in [-0.2, -0.15) is 0 Å². The van der Waals surface area contributed by atoms with Crippen LogP contribution in [0.15, 0.2) is 30.3 Å². The lowest BCUT2D eigenvalue weighted by Gasteiger charge is -2.26. The molecule has 0 unspecified atom stereocenters. The van der Waals surface area contributed by atoms with Crippen LogP contribution < -0.4 is 5.73 Å². The summed E-state index contributed by atoms with van der Waals surface area (Å²) in [7, 11) is 0. The first-order chi connectivity index (χ1) is 10.3. The van der Waals surface area contributed by atoms with Crippen molar-refractivity contribution in [1.82, 2.24) is 4.90 Å². The highest BCUT2D eigenvalue weighted by atomic mass is 16.5. The van der Waals surface area contributed by atoms with Crippen molar-refractivity contribution in [3.63, 3.8) is 0 Å². The Morgan fingerprint density at radius 2 is 1.90 bits per heavy atom. The number of hydrogen-bond donors (Lipinski definition) is 1. The lowest BCUT2D eigenvalue weighted by atomic mass is 9.96. The fraction of sp³-hybridized carbons (Fsp3) is 0.588. The third-order valence-corrected chi connectivity index (χ3v) is 4.07. The molecule has 0 aromatic heterocycles. The number of benzene rings is 1. The molecule has 2 N–H and O–H groups in total. The van der Waals surface area contributed by atoms with Gasteiger partial charge in [-0.05, 0) is 30.7 Å². The quantitative estimate of drug-likeness (QED) is 0.833. The Kier molecular flexibility index (Phi) is 6.70. The molecule has 116 valence electrons. The van der Waals surface area contributed by atoms with Crippen LogP contribution in [0, 0.1) is 5.92 Å². The van der Waals surface area contributed by atoms with Crippen LogP contribution in [0.4, 0.5) is 0 Å². The molecule has 1 aliphatic heterocycles. The Balaban J connectivity index is 1.83. The molecule has 0 spiro atoms. The molecule has 1 aromatic rings. The molecule has 4 nitrogen and oxygen atoms in total. The van der Waals surface area contributed by atoms with Crippen molar-refractivity contribution >= 4 is 5.91 Å². The molecule has 1 saturated heterocycles. The van der Waals surface area contributed by atoms with Crippen molar-refractivity contribution in [1.29, 1.82) is 0 Å². The van der Waals surface area contributed by atoms with E-state index in [1.165, 1.54) is 5.56 Å². The number of ether oxygens (including phenoxy) is 1. The van der Waals surface area contributed by atoms with Crippen LogP contribution in [0.25, 0.3) is 0 Å². The summed E-state index contributed by atoms with van der Waals surface area (Å²) in [6.45, 7) is 3.50. The van der Waals surface area contributed by atoms with Crippen LogP contribution in [-0.4, -0.2) is 43.7 Å². The van der Waals surface area contributed by atoms with E-state index in [2.05, 4.69) is 12.1 Å². The summed E-state index contributed by atoms with van der Waals surface area (Å²) in [4.78, 5) is 14.4. The fourth-order valence-electron chi connectivity index (χ4n) is 2.75. The van der Waals surface area contributed by atoms with Crippen molar-refractivity contribution in [2.45, 2.75) is 25.7 Å². The molecule has 1 amide bonds. The van der Waals surface area contributed by atoms with Gasteiger partial charge in [0.1, 0.15) is 0 Å². The highest BCUT2D eigenvalue weighted by Gasteiger charge is 2.20. The maximum Gasteiger partial charge on any atom is 0.222 e. The third kappa shape index (κ3) is 5.48. The molecule has 4 heteroatoms. The van der Waals surface area contributed by atoms with E-state index in [-0.39, 0.29) is 5.91 Å². The largest absolute Gasteiger partial charge is 0.381 e. The molecule has 1 fully saturated rings.